The average molecular weight is 344 g/mol. The van der Waals surface area contributed by atoms with Crippen LogP contribution in [0.1, 0.15) is 29.7 Å². The fourth-order valence-electron chi connectivity index (χ4n) is 2.91. The molecule has 0 bridgehead atoms. The Morgan fingerprint density at radius 1 is 1.10 bits per heavy atom. The molecular formula is C18H18BrNO. The molecule has 0 radical (unpaired) electrons. The molecule has 21 heavy (non-hydrogen) atoms. The van der Waals surface area contributed by atoms with Crippen LogP contribution in [0, 0.1) is 5.92 Å². The number of amides is 1. The summed E-state index contributed by atoms with van der Waals surface area (Å²) in [7, 11) is 0. The molecule has 0 aromatic heterocycles. The number of halogens is 1. The maximum atomic E-state index is 12.4. The second-order valence-corrected chi connectivity index (χ2v) is 6.57. The van der Waals surface area contributed by atoms with Crippen molar-refractivity contribution in [1.29, 1.82) is 0 Å². The van der Waals surface area contributed by atoms with Crippen molar-refractivity contribution in [2.24, 2.45) is 5.92 Å². The first-order chi connectivity index (χ1) is 10.1. The van der Waals surface area contributed by atoms with Crippen molar-refractivity contribution >= 4 is 21.8 Å². The van der Waals surface area contributed by atoms with Gasteiger partial charge in [-0.15, -0.1) is 0 Å². The molecule has 0 aliphatic heterocycles. The predicted molar refractivity (Wildman–Crippen MR) is 88.0 cm³/mol. The Morgan fingerprint density at radius 3 is 2.24 bits per heavy atom. The summed E-state index contributed by atoms with van der Waals surface area (Å²) in [5, 5.41) is 3.14. The lowest BCUT2D eigenvalue weighted by atomic mass is 10.0. The zero-order valence-corrected chi connectivity index (χ0v) is 13.6. The van der Waals surface area contributed by atoms with Gasteiger partial charge in [0.2, 0.25) is 5.91 Å². The second-order valence-electron chi connectivity index (χ2n) is 5.66. The smallest absolute Gasteiger partial charge is 0.224 e. The number of carbonyl (C=O) groups is 1. The number of hydrogen-bond acceptors (Lipinski definition) is 1. The van der Waals surface area contributed by atoms with Gasteiger partial charge in [0.25, 0.3) is 0 Å². The summed E-state index contributed by atoms with van der Waals surface area (Å²) in [5.74, 6) is 0.224. The van der Waals surface area contributed by atoms with E-state index in [2.05, 4.69) is 33.4 Å². The largest absolute Gasteiger partial charge is 0.349 e. The van der Waals surface area contributed by atoms with Crippen LogP contribution in [0.4, 0.5) is 0 Å². The van der Waals surface area contributed by atoms with E-state index in [0.29, 0.717) is 0 Å². The first kappa shape index (κ1) is 14.3. The van der Waals surface area contributed by atoms with Crippen LogP contribution in [0.2, 0.25) is 0 Å². The highest BCUT2D eigenvalue weighted by Crippen LogP contribution is 2.27. The zero-order chi connectivity index (χ0) is 14.8. The van der Waals surface area contributed by atoms with Crippen molar-refractivity contribution in [2.75, 3.05) is 0 Å². The number of rotatable bonds is 3. The fourth-order valence-corrected chi connectivity index (χ4v) is 3.17. The van der Waals surface area contributed by atoms with Gasteiger partial charge in [-0.25, -0.2) is 0 Å². The molecule has 1 N–H and O–H groups in total. The SMILES string of the molecule is CC(NC(=O)C1Cc2ccccc2C1)c1ccc(Br)cc1. The lowest BCUT2D eigenvalue weighted by Gasteiger charge is -2.17. The molecule has 2 aromatic rings. The maximum Gasteiger partial charge on any atom is 0.224 e. The molecule has 1 aliphatic rings. The number of fused-ring (bicyclic) bond motifs is 1. The molecule has 0 heterocycles. The predicted octanol–water partition coefficient (Wildman–Crippen LogP) is 4.04. The van der Waals surface area contributed by atoms with E-state index in [1.165, 1.54) is 11.1 Å². The number of hydrogen-bond donors (Lipinski definition) is 1. The molecule has 0 fully saturated rings. The molecule has 1 unspecified atom stereocenters. The van der Waals surface area contributed by atoms with Crippen molar-refractivity contribution < 1.29 is 4.79 Å². The lowest BCUT2D eigenvalue weighted by Crippen LogP contribution is -2.33. The summed E-state index contributed by atoms with van der Waals surface area (Å²) in [5.41, 5.74) is 3.75. The van der Waals surface area contributed by atoms with E-state index in [1.54, 1.807) is 0 Å². The van der Waals surface area contributed by atoms with Crippen LogP contribution in [0.25, 0.3) is 0 Å². The third-order valence-electron chi connectivity index (χ3n) is 4.15. The van der Waals surface area contributed by atoms with Crippen LogP contribution in [0.5, 0.6) is 0 Å². The summed E-state index contributed by atoms with van der Waals surface area (Å²) < 4.78 is 1.05. The topological polar surface area (TPSA) is 29.1 Å². The molecule has 3 rings (SSSR count). The molecule has 1 amide bonds. The Hall–Kier alpha value is -1.61. The molecule has 2 nitrogen and oxygen atoms in total. The van der Waals surface area contributed by atoms with Gasteiger partial charge < -0.3 is 5.32 Å². The van der Waals surface area contributed by atoms with Gasteiger partial charge in [-0.05, 0) is 48.6 Å². The molecular weight excluding hydrogens is 326 g/mol. The maximum absolute atomic E-state index is 12.4. The van der Waals surface area contributed by atoms with E-state index >= 15 is 0 Å². The van der Waals surface area contributed by atoms with Gasteiger partial charge in [-0.1, -0.05) is 52.3 Å². The van der Waals surface area contributed by atoms with E-state index in [-0.39, 0.29) is 17.9 Å². The minimum atomic E-state index is 0.0364. The van der Waals surface area contributed by atoms with E-state index in [1.807, 2.05) is 43.3 Å². The fraction of sp³-hybridized carbons (Fsp3) is 0.278. The van der Waals surface area contributed by atoms with Crippen LogP contribution < -0.4 is 5.32 Å². The lowest BCUT2D eigenvalue weighted by molar-refractivity contribution is -0.125. The highest BCUT2D eigenvalue weighted by atomic mass is 79.9. The van der Waals surface area contributed by atoms with Gasteiger partial charge in [0.1, 0.15) is 0 Å². The zero-order valence-electron chi connectivity index (χ0n) is 12.0. The normalized spacial score (nSPS) is 15.5. The van der Waals surface area contributed by atoms with Crippen LogP contribution in [0.3, 0.4) is 0 Å². The third-order valence-corrected chi connectivity index (χ3v) is 4.68. The first-order valence-corrected chi connectivity index (χ1v) is 8.05. The number of nitrogens with one attached hydrogen (secondary N) is 1. The summed E-state index contributed by atoms with van der Waals surface area (Å²) in [4.78, 5) is 12.4. The molecule has 0 spiro atoms. The molecule has 3 heteroatoms. The Kier molecular flexibility index (Phi) is 4.11. The van der Waals surface area contributed by atoms with E-state index in [9.17, 15) is 4.79 Å². The molecule has 2 aromatic carbocycles. The van der Waals surface area contributed by atoms with Gasteiger partial charge in [0.05, 0.1) is 6.04 Å². The van der Waals surface area contributed by atoms with Gasteiger partial charge in [-0.2, -0.15) is 0 Å². The monoisotopic (exact) mass is 343 g/mol. The second kappa shape index (κ2) is 6.02. The summed E-state index contributed by atoms with van der Waals surface area (Å²) in [6.07, 6.45) is 1.71. The first-order valence-electron chi connectivity index (χ1n) is 7.26. The van der Waals surface area contributed by atoms with Crippen LogP contribution >= 0.6 is 15.9 Å². The Labute approximate surface area is 133 Å². The van der Waals surface area contributed by atoms with Gasteiger partial charge in [-0.3, -0.25) is 4.79 Å². The summed E-state index contributed by atoms with van der Waals surface area (Å²) >= 11 is 3.43. The molecule has 1 atom stereocenters. The van der Waals surface area contributed by atoms with Crippen molar-refractivity contribution in [3.8, 4) is 0 Å². The Balaban J connectivity index is 1.64. The van der Waals surface area contributed by atoms with Crippen LogP contribution in [-0.2, 0) is 17.6 Å². The third kappa shape index (κ3) is 3.18. The van der Waals surface area contributed by atoms with Crippen LogP contribution in [-0.4, -0.2) is 5.91 Å². The van der Waals surface area contributed by atoms with E-state index in [0.717, 1.165) is 22.9 Å². The van der Waals surface area contributed by atoms with E-state index < -0.39 is 0 Å². The quantitative estimate of drug-likeness (QED) is 0.895. The molecule has 1 aliphatic carbocycles. The highest BCUT2D eigenvalue weighted by molar-refractivity contribution is 9.10. The Morgan fingerprint density at radius 2 is 1.67 bits per heavy atom. The number of benzene rings is 2. The standard InChI is InChI=1S/C18H18BrNO/c1-12(13-6-8-17(19)9-7-13)20-18(21)16-10-14-4-2-3-5-15(14)11-16/h2-9,12,16H,10-11H2,1H3,(H,20,21). The molecule has 0 saturated carbocycles. The van der Waals surface area contributed by atoms with Crippen molar-refractivity contribution in [2.45, 2.75) is 25.8 Å². The van der Waals surface area contributed by atoms with E-state index in [4.69, 9.17) is 0 Å². The summed E-state index contributed by atoms with van der Waals surface area (Å²) in [6, 6.07) is 16.5. The Bertz CT molecular complexity index is 626. The minimum absolute atomic E-state index is 0.0364. The molecule has 108 valence electrons. The van der Waals surface area contributed by atoms with Crippen molar-refractivity contribution in [3.05, 3.63) is 69.7 Å². The highest BCUT2D eigenvalue weighted by Gasteiger charge is 2.27. The van der Waals surface area contributed by atoms with Crippen molar-refractivity contribution in [3.63, 3.8) is 0 Å². The van der Waals surface area contributed by atoms with Crippen LogP contribution in [0.15, 0.2) is 53.0 Å². The van der Waals surface area contributed by atoms with Gasteiger partial charge in [0, 0.05) is 10.4 Å². The minimum Gasteiger partial charge on any atom is -0.349 e. The van der Waals surface area contributed by atoms with Gasteiger partial charge in [0.15, 0.2) is 0 Å². The molecule has 0 saturated heterocycles. The summed E-state index contributed by atoms with van der Waals surface area (Å²) in [6.45, 7) is 2.03. The van der Waals surface area contributed by atoms with Crippen molar-refractivity contribution in [1.82, 2.24) is 5.32 Å². The number of carbonyl (C=O) groups excluding carboxylic acids is 1. The van der Waals surface area contributed by atoms with Gasteiger partial charge >= 0.3 is 0 Å². The average Bonchev–Trinajstić information content (AvgIpc) is 2.92.